The number of rotatable bonds is 4. The molecule has 1 aromatic carbocycles. The Balaban J connectivity index is 1.83. The smallest absolute Gasteiger partial charge is 0.227 e. The van der Waals surface area contributed by atoms with Crippen molar-refractivity contribution in [1.29, 1.82) is 0 Å². The molecule has 1 aromatic rings. The molecule has 1 heterocycles. The first-order valence-corrected chi connectivity index (χ1v) is 8.83. The van der Waals surface area contributed by atoms with Gasteiger partial charge in [0.2, 0.25) is 5.91 Å². The predicted octanol–water partition coefficient (Wildman–Crippen LogP) is 3.76. The fourth-order valence-electron chi connectivity index (χ4n) is 3.46. The number of amides is 1. The molecule has 128 valence electrons. The van der Waals surface area contributed by atoms with Crippen molar-refractivity contribution in [2.45, 2.75) is 52.5 Å². The van der Waals surface area contributed by atoms with Gasteiger partial charge in [-0.15, -0.1) is 0 Å². The van der Waals surface area contributed by atoms with Gasteiger partial charge in [-0.1, -0.05) is 58.0 Å². The Hall–Kier alpha value is -1.35. The van der Waals surface area contributed by atoms with Gasteiger partial charge in [-0.3, -0.25) is 4.79 Å². The van der Waals surface area contributed by atoms with Gasteiger partial charge < -0.3 is 9.80 Å². The molecule has 1 amide bonds. The zero-order valence-corrected chi connectivity index (χ0v) is 15.4. The Morgan fingerprint density at radius 1 is 1.22 bits per heavy atom. The molecule has 0 spiro atoms. The molecule has 1 saturated heterocycles. The second-order valence-electron chi connectivity index (χ2n) is 8.01. The highest BCUT2D eigenvalue weighted by Gasteiger charge is 2.31. The van der Waals surface area contributed by atoms with Crippen LogP contribution in [0.2, 0.25) is 0 Å². The summed E-state index contributed by atoms with van der Waals surface area (Å²) in [6, 6.07) is 11.1. The SMILES string of the molecule is CC(CN1CCC(N(C)C(=O)C(C)(C)C)CC1)c1ccccc1. The number of benzene rings is 1. The molecule has 1 aliphatic rings. The van der Waals surface area contributed by atoms with Crippen molar-refractivity contribution in [3.8, 4) is 0 Å². The largest absolute Gasteiger partial charge is 0.342 e. The van der Waals surface area contributed by atoms with E-state index in [4.69, 9.17) is 0 Å². The summed E-state index contributed by atoms with van der Waals surface area (Å²) in [7, 11) is 1.97. The molecule has 0 radical (unpaired) electrons. The number of piperidine rings is 1. The molecule has 0 bridgehead atoms. The summed E-state index contributed by atoms with van der Waals surface area (Å²) in [6.45, 7) is 11.6. The first kappa shape index (κ1) is 18.0. The van der Waals surface area contributed by atoms with Crippen LogP contribution in [-0.2, 0) is 4.79 Å². The minimum absolute atomic E-state index is 0.258. The van der Waals surface area contributed by atoms with Crippen molar-refractivity contribution < 1.29 is 4.79 Å². The lowest BCUT2D eigenvalue weighted by atomic mass is 9.92. The number of nitrogens with zero attached hydrogens (tertiary/aromatic N) is 2. The van der Waals surface area contributed by atoms with Crippen molar-refractivity contribution >= 4 is 5.91 Å². The molecule has 1 fully saturated rings. The average molecular weight is 316 g/mol. The zero-order valence-electron chi connectivity index (χ0n) is 15.4. The summed E-state index contributed by atoms with van der Waals surface area (Å²) < 4.78 is 0. The van der Waals surface area contributed by atoms with E-state index in [0.29, 0.717) is 12.0 Å². The van der Waals surface area contributed by atoms with Crippen molar-refractivity contribution in [2.75, 3.05) is 26.7 Å². The summed E-state index contributed by atoms with van der Waals surface area (Å²) in [4.78, 5) is 16.9. The van der Waals surface area contributed by atoms with Crippen LogP contribution in [-0.4, -0.2) is 48.4 Å². The van der Waals surface area contributed by atoms with Gasteiger partial charge in [-0.05, 0) is 24.3 Å². The molecular weight excluding hydrogens is 284 g/mol. The highest BCUT2D eigenvalue weighted by Crippen LogP contribution is 2.24. The van der Waals surface area contributed by atoms with Gasteiger partial charge in [0.05, 0.1) is 0 Å². The van der Waals surface area contributed by atoms with Crippen LogP contribution in [0.3, 0.4) is 0 Å². The van der Waals surface area contributed by atoms with E-state index < -0.39 is 0 Å². The van der Waals surface area contributed by atoms with E-state index >= 15 is 0 Å². The molecule has 1 atom stereocenters. The Morgan fingerprint density at radius 3 is 2.30 bits per heavy atom. The molecule has 0 aromatic heterocycles. The third-order valence-electron chi connectivity index (χ3n) is 4.97. The van der Waals surface area contributed by atoms with Crippen LogP contribution in [0, 0.1) is 5.41 Å². The maximum Gasteiger partial charge on any atom is 0.227 e. The third-order valence-corrected chi connectivity index (χ3v) is 4.97. The first-order chi connectivity index (χ1) is 10.8. The highest BCUT2D eigenvalue weighted by atomic mass is 16.2. The van der Waals surface area contributed by atoms with Gasteiger partial charge in [-0.2, -0.15) is 0 Å². The molecule has 0 N–H and O–H groups in total. The van der Waals surface area contributed by atoms with E-state index in [1.165, 1.54) is 5.56 Å². The predicted molar refractivity (Wildman–Crippen MR) is 96.5 cm³/mol. The number of likely N-dealkylation sites (tertiary alicyclic amines) is 1. The average Bonchev–Trinajstić information content (AvgIpc) is 2.54. The summed E-state index contributed by atoms with van der Waals surface area (Å²) in [5, 5.41) is 0. The number of carbonyl (C=O) groups is 1. The number of hydrogen-bond acceptors (Lipinski definition) is 2. The minimum atomic E-state index is -0.284. The van der Waals surface area contributed by atoms with Crippen LogP contribution < -0.4 is 0 Å². The van der Waals surface area contributed by atoms with Crippen LogP contribution in [0.15, 0.2) is 30.3 Å². The highest BCUT2D eigenvalue weighted by molar-refractivity contribution is 5.81. The monoisotopic (exact) mass is 316 g/mol. The van der Waals surface area contributed by atoms with Crippen molar-refractivity contribution in [1.82, 2.24) is 9.80 Å². The maximum absolute atomic E-state index is 12.4. The van der Waals surface area contributed by atoms with Gasteiger partial charge in [0.15, 0.2) is 0 Å². The molecule has 0 aliphatic carbocycles. The molecule has 2 rings (SSSR count). The van der Waals surface area contributed by atoms with Gasteiger partial charge >= 0.3 is 0 Å². The van der Waals surface area contributed by atoms with Crippen LogP contribution in [0.5, 0.6) is 0 Å². The number of hydrogen-bond donors (Lipinski definition) is 0. The summed E-state index contributed by atoms with van der Waals surface area (Å²) >= 11 is 0. The Kier molecular flexibility index (Phi) is 5.85. The van der Waals surface area contributed by atoms with E-state index in [1.807, 2.05) is 32.7 Å². The van der Waals surface area contributed by atoms with Crippen LogP contribution in [0.4, 0.5) is 0 Å². The lowest BCUT2D eigenvalue weighted by Crippen LogP contribution is -2.49. The standard InChI is InChI=1S/C20H32N2O/c1-16(17-9-7-6-8-10-17)15-22-13-11-18(12-14-22)21(5)19(23)20(2,3)4/h6-10,16,18H,11-15H2,1-5H3. The van der Waals surface area contributed by atoms with Crippen LogP contribution in [0.1, 0.15) is 52.0 Å². The molecule has 3 nitrogen and oxygen atoms in total. The van der Waals surface area contributed by atoms with Gasteiger partial charge in [0.25, 0.3) is 0 Å². The molecular formula is C20H32N2O. The Bertz CT molecular complexity index is 498. The maximum atomic E-state index is 12.4. The van der Waals surface area contributed by atoms with E-state index in [2.05, 4.69) is 42.2 Å². The van der Waals surface area contributed by atoms with Crippen LogP contribution in [0.25, 0.3) is 0 Å². The zero-order chi connectivity index (χ0) is 17.0. The van der Waals surface area contributed by atoms with Gasteiger partial charge in [-0.25, -0.2) is 0 Å². The van der Waals surface area contributed by atoms with Gasteiger partial charge in [0, 0.05) is 38.1 Å². The topological polar surface area (TPSA) is 23.6 Å². The number of carbonyl (C=O) groups excluding carboxylic acids is 1. The molecule has 0 saturated carbocycles. The first-order valence-electron chi connectivity index (χ1n) is 8.83. The Morgan fingerprint density at radius 2 is 1.78 bits per heavy atom. The summed E-state index contributed by atoms with van der Waals surface area (Å²) in [6.07, 6.45) is 2.17. The van der Waals surface area contributed by atoms with Crippen LogP contribution >= 0.6 is 0 Å². The molecule has 23 heavy (non-hydrogen) atoms. The van der Waals surface area contributed by atoms with E-state index in [0.717, 1.165) is 32.5 Å². The normalized spacial score (nSPS) is 18.7. The second-order valence-corrected chi connectivity index (χ2v) is 8.01. The summed E-state index contributed by atoms with van der Waals surface area (Å²) in [5.41, 5.74) is 1.13. The Labute approximate surface area is 141 Å². The summed E-state index contributed by atoms with van der Waals surface area (Å²) in [5.74, 6) is 0.815. The fourth-order valence-corrected chi connectivity index (χ4v) is 3.46. The molecule has 1 aliphatic heterocycles. The quantitative estimate of drug-likeness (QED) is 0.844. The lowest BCUT2D eigenvalue weighted by Gasteiger charge is -2.39. The molecule has 1 unspecified atom stereocenters. The van der Waals surface area contributed by atoms with E-state index in [9.17, 15) is 4.79 Å². The lowest BCUT2D eigenvalue weighted by molar-refractivity contribution is -0.141. The van der Waals surface area contributed by atoms with E-state index in [-0.39, 0.29) is 11.3 Å². The van der Waals surface area contributed by atoms with Gasteiger partial charge in [0.1, 0.15) is 0 Å². The van der Waals surface area contributed by atoms with Crippen molar-refractivity contribution in [2.24, 2.45) is 5.41 Å². The van der Waals surface area contributed by atoms with Crippen molar-refractivity contribution in [3.05, 3.63) is 35.9 Å². The molecule has 3 heteroatoms. The fraction of sp³-hybridized carbons (Fsp3) is 0.650. The van der Waals surface area contributed by atoms with E-state index in [1.54, 1.807) is 0 Å². The second kappa shape index (κ2) is 7.48. The minimum Gasteiger partial charge on any atom is -0.342 e. The van der Waals surface area contributed by atoms with Crippen molar-refractivity contribution in [3.63, 3.8) is 0 Å². The third kappa shape index (κ3) is 4.81.